The smallest absolute Gasteiger partial charge is 0.261 e. The van der Waals surface area contributed by atoms with Gasteiger partial charge in [-0.25, -0.2) is 0 Å². The predicted octanol–water partition coefficient (Wildman–Crippen LogP) is 1.98. The van der Waals surface area contributed by atoms with Crippen molar-refractivity contribution in [3.8, 4) is 11.5 Å². The first-order chi connectivity index (χ1) is 12.5. The van der Waals surface area contributed by atoms with Crippen molar-refractivity contribution in [3.63, 3.8) is 0 Å². The van der Waals surface area contributed by atoms with Crippen LogP contribution in [0, 0.1) is 19.8 Å². The zero-order valence-electron chi connectivity index (χ0n) is 16.2. The summed E-state index contributed by atoms with van der Waals surface area (Å²) in [6, 6.07) is 2.28. The van der Waals surface area contributed by atoms with Gasteiger partial charge in [0.2, 0.25) is 0 Å². The molecule has 0 spiro atoms. The van der Waals surface area contributed by atoms with Crippen LogP contribution in [0.25, 0.3) is 11.5 Å². The number of nitrogens with one attached hydrogen (secondary N) is 1. The topological polar surface area (TPSA) is 89.2 Å². The Morgan fingerprint density at radius 1 is 1.35 bits per heavy atom. The molecule has 0 amide bonds. The summed E-state index contributed by atoms with van der Waals surface area (Å²) in [5.41, 5.74) is 1.64. The molecule has 1 fully saturated rings. The van der Waals surface area contributed by atoms with E-state index in [4.69, 9.17) is 9.26 Å². The van der Waals surface area contributed by atoms with E-state index in [-0.39, 0.29) is 6.10 Å². The van der Waals surface area contributed by atoms with Crippen LogP contribution in [0.4, 0.5) is 5.82 Å². The van der Waals surface area contributed by atoms with Crippen molar-refractivity contribution in [2.75, 3.05) is 31.6 Å². The Morgan fingerprint density at radius 3 is 2.81 bits per heavy atom. The lowest BCUT2D eigenvalue weighted by atomic mass is 10.00. The van der Waals surface area contributed by atoms with Gasteiger partial charge in [-0.2, -0.15) is 10.1 Å². The van der Waals surface area contributed by atoms with Crippen LogP contribution in [0.15, 0.2) is 10.6 Å². The molecular weight excluding hydrogens is 332 g/mol. The van der Waals surface area contributed by atoms with Gasteiger partial charge in [0.25, 0.3) is 5.89 Å². The highest BCUT2D eigenvalue weighted by Crippen LogP contribution is 2.30. The molecule has 0 aliphatic carbocycles. The van der Waals surface area contributed by atoms with E-state index in [2.05, 4.69) is 44.4 Å². The summed E-state index contributed by atoms with van der Waals surface area (Å²) in [5, 5.41) is 16.2. The third-order valence-corrected chi connectivity index (χ3v) is 4.60. The minimum absolute atomic E-state index is 0.0860. The fourth-order valence-corrected chi connectivity index (χ4v) is 3.25. The number of aryl methyl sites for hydroxylation is 2. The van der Waals surface area contributed by atoms with Gasteiger partial charge in [0, 0.05) is 26.2 Å². The molecule has 26 heavy (non-hydrogen) atoms. The molecule has 1 saturated heterocycles. The lowest BCUT2D eigenvalue weighted by Gasteiger charge is -2.39. The molecule has 0 aromatic carbocycles. The minimum Gasteiger partial charge on any atom is -0.378 e. The summed E-state index contributed by atoms with van der Waals surface area (Å²) >= 11 is 0. The van der Waals surface area contributed by atoms with Gasteiger partial charge >= 0.3 is 0 Å². The highest BCUT2D eigenvalue weighted by Gasteiger charge is 2.31. The maximum absolute atomic E-state index is 5.76. The Labute approximate surface area is 154 Å². The predicted molar refractivity (Wildman–Crippen MR) is 99.1 cm³/mol. The highest BCUT2D eigenvalue weighted by atomic mass is 16.5. The zero-order valence-corrected chi connectivity index (χ0v) is 16.2. The SMILES string of the molecule is CO[C@H]1CN(c2nnc(C)cc2-c2nc(C)no2)CC[C@H]1NCC(C)C. The van der Waals surface area contributed by atoms with Crippen molar-refractivity contribution < 1.29 is 9.26 Å². The second-order valence-electron chi connectivity index (χ2n) is 7.29. The Morgan fingerprint density at radius 2 is 2.15 bits per heavy atom. The van der Waals surface area contributed by atoms with Crippen molar-refractivity contribution in [2.24, 2.45) is 5.92 Å². The number of ether oxygens (including phenoxy) is 1. The third-order valence-electron chi connectivity index (χ3n) is 4.60. The Hall–Kier alpha value is -2.06. The standard InChI is InChI=1S/C18H28N6O2/c1-11(2)9-19-15-6-7-24(10-16(15)25-5)17-14(8-12(3)21-22-17)18-20-13(4)23-26-18/h8,11,15-16,19H,6-7,9-10H2,1-5H3/t15-,16+/m1/s1. The molecular formula is C18H28N6O2. The molecule has 3 heterocycles. The molecule has 2 atom stereocenters. The van der Waals surface area contributed by atoms with Crippen LogP contribution in [0.1, 0.15) is 31.8 Å². The van der Waals surface area contributed by atoms with E-state index in [0.29, 0.717) is 23.7 Å². The van der Waals surface area contributed by atoms with Crippen molar-refractivity contribution in [1.82, 2.24) is 25.7 Å². The number of aromatic nitrogens is 4. The summed E-state index contributed by atoms with van der Waals surface area (Å²) in [4.78, 5) is 6.56. The second-order valence-corrected chi connectivity index (χ2v) is 7.29. The van der Waals surface area contributed by atoms with Gasteiger partial charge in [0.15, 0.2) is 11.6 Å². The summed E-state index contributed by atoms with van der Waals surface area (Å²) in [6.07, 6.45) is 1.06. The van der Waals surface area contributed by atoms with Gasteiger partial charge in [-0.05, 0) is 38.8 Å². The Balaban J connectivity index is 1.82. The van der Waals surface area contributed by atoms with Gasteiger partial charge in [-0.3, -0.25) is 0 Å². The Kier molecular flexibility index (Phi) is 5.83. The average Bonchev–Trinajstić information content (AvgIpc) is 3.06. The van der Waals surface area contributed by atoms with E-state index >= 15 is 0 Å². The molecule has 1 aliphatic rings. The van der Waals surface area contributed by atoms with E-state index in [9.17, 15) is 0 Å². The molecule has 0 saturated carbocycles. The average molecular weight is 360 g/mol. The number of anilines is 1. The van der Waals surface area contributed by atoms with Crippen LogP contribution in [-0.4, -0.2) is 59.2 Å². The quantitative estimate of drug-likeness (QED) is 0.836. The normalized spacial score (nSPS) is 20.8. The van der Waals surface area contributed by atoms with Gasteiger partial charge in [0.05, 0.1) is 17.4 Å². The van der Waals surface area contributed by atoms with Crippen LogP contribution in [0.3, 0.4) is 0 Å². The Bertz CT molecular complexity index is 732. The van der Waals surface area contributed by atoms with Crippen molar-refractivity contribution in [2.45, 2.75) is 46.3 Å². The number of nitrogens with zero attached hydrogens (tertiary/aromatic N) is 5. The number of methoxy groups -OCH3 is 1. The van der Waals surface area contributed by atoms with Gasteiger partial charge in [-0.15, -0.1) is 5.10 Å². The molecule has 0 bridgehead atoms. The van der Waals surface area contributed by atoms with Crippen molar-refractivity contribution >= 4 is 5.82 Å². The summed E-state index contributed by atoms with van der Waals surface area (Å²) in [6.45, 7) is 10.7. The molecule has 1 aliphatic heterocycles. The molecule has 1 N–H and O–H groups in total. The van der Waals surface area contributed by atoms with Crippen LogP contribution in [0.2, 0.25) is 0 Å². The van der Waals surface area contributed by atoms with Gasteiger partial charge in [0.1, 0.15) is 0 Å². The summed E-state index contributed by atoms with van der Waals surface area (Å²) in [5.74, 6) is 2.46. The first-order valence-corrected chi connectivity index (χ1v) is 9.14. The van der Waals surface area contributed by atoms with Crippen LogP contribution < -0.4 is 10.2 Å². The molecule has 0 unspecified atom stereocenters. The van der Waals surface area contributed by atoms with Crippen molar-refractivity contribution in [3.05, 3.63) is 17.6 Å². The fraction of sp³-hybridized carbons (Fsp3) is 0.667. The van der Waals surface area contributed by atoms with Crippen LogP contribution >= 0.6 is 0 Å². The zero-order chi connectivity index (χ0) is 18.7. The molecule has 2 aromatic rings. The van der Waals surface area contributed by atoms with E-state index in [0.717, 1.165) is 43.1 Å². The molecule has 2 aromatic heterocycles. The van der Waals surface area contributed by atoms with Gasteiger partial charge in [-0.1, -0.05) is 19.0 Å². The minimum atomic E-state index is 0.0860. The third kappa shape index (κ3) is 4.19. The van der Waals surface area contributed by atoms with E-state index < -0.39 is 0 Å². The molecule has 3 rings (SSSR count). The number of hydrogen-bond acceptors (Lipinski definition) is 8. The van der Waals surface area contributed by atoms with Crippen LogP contribution in [-0.2, 0) is 4.74 Å². The van der Waals surface area contributed by atoms with E-state index in [1.807, 2.05) is 13.0 Å². The molecule has 8 nitrogen and oxygen atoms in total. The maximum Gasteiger partial charge on any atom is 0.261 e. The molecule has 8 heteroatoms. The first kappa shape index (κ1) is 18.7. The molecule has 142 valence electrons. The van der Waals surface area contributed by atoms with E-state index in [1.165, 1.54) is 0 Å². The maximum atomic E-state index is 5.76. The summed E-state index contributed by atoms with van der Waals surface area (Å²) < 4.78 is 11.1. The highest BCUT2D eigenvalue weighted by molar-refractivity contribution is 5.70. The number of piperidine rings is 1. The second kappa shape index (κ2) is 8.09. The molecule has 0 radical (unpaired) electrons. The lowest BCUT2D eigenvalue weighted by Crippen LogP contribution is -2.54. The van der Waals surface area contributed by atoms with Gasteiger partial charge < -0.3 is 19.5 Å². The van der Waals surface area contributed by atoms with Crippen molar-refractivity contribution in [1.29, 1.82) is 0 Å². The first-order valence-electron chi connectivity index (χ1n) is 9.14. The lowest BCUT2D eigenvalue weighted by molar-refractivity contribution is 0.0589. The van der Waals surface area contributed by atoms with E-state index in [1.54, 1.807) is 14.0 Å². The van der Waals surface area contributed by atoms with Crippen LogP contribution in [0.5, 0.6) is 0 Å². The fourth-order valence-electron chi connectivity index (χ4n) is 3.25. The summed E-state index contributed by atoms with van der Waals surface area (Å²) in [7, 11) is 1.77. The number of hydrogen-bond donors (Lipinski definition) is 1. The largest absolute Gasteiger partial charge is 0.378 e. The number of rotatable bonds is 6. The monoisotopic (exact) mass is 360 g/mol.